The van der Waals surface area contributed by atoms with Gasteiger partial charge < -0.3 is 15.6 Å². The van der Waals surface area contributed by atoms with Crippen LogP contribution in [0, 0.1) is 0 Å². The zero-order valence-electron chi connectivity index (χ0n) is 9.38. The van der Waals surface area contributed by atoms with Gasteiger partial charge in [-0.2, -0.15) is 0 Å². The minimum Gasteiger partial charge on any atom is -0.461 e. The molecule has 2 heterocycles. The van der Waals surface area contributed by atoms with Crippen molar-refractivity contribution in [2.24, 2.45) is 0 Å². The molecular formula is C11H13N3O3. The minimum absolute atomic E-state index is 0.0949. The first-order valence-corrected chi connectivity index (χ1v) is 5.21. The number of aromatic nitrogens is 2. The maximum absolute atomic E-state index is 11.6. The van der Waals surface area contributed by atoms with E-state index in [1.54, 1.807) is 29.7 Å². The summed E-state index contributed by atoms with van der Waals surface area (Å²) in [7, 11) is 0. The topological polar surface area (TPSA) is 89.8 Å². The number of nitrogens with zero attached hydrogens (tertiary/aromatic N) is 2. The fraction of sp³-hybridized carbons (Fsp3) is 0.273. The average molecular weight is 235 g/mol. The summed E-state index contributed by atoms with van der Waals surface area (Å²) < 4.78 is 6.40. The van der Waals surface area contributed by atoms with Crippen LogP contribution in [-0.2, 0) is 11.3 Å². The van der Waals surface area contributed by atoms with Gasteiger partial charge in [-0.15, -0.1) is 0 Å². The molecule has 0 saturated carbocycles. The van der Waals surface area contributed by atoms with Gasteiger partial charge in [0.2, 0.25) is 0 Å². The average Bonchev–Trinajstić information content (AvgIpc) is 2.67. The summed E-state index contributed by atoms with van der Waals surface area (Å²) in [5, 5.41) is 9.02. The second-order valence-corrected chi connectivity index (χ2v) is 3.49. The third-order valence-corrected chi connectivity index (χ3v) is 2.37. The zero-order chi connectivity index (χ0) is 12.4. The standard InChI is InChI=1S/C11H13N3O3/c1-2-17-11(16)9-10(12)14-5-7(6-15)3-4-8(14)13-9/h3-5,15H,2,6,12H2,1H3. The largest absolute Gasteiger partial charge is 0.461 e. The van der Waals surface area contributed by atoms with Gasteiger partial charge in [0, 0.05) is 6.20 Å². The molecule has 6 nitrogen and oxygen atoms in total. The highest BCUT2D eigenvalue weighted by Gasteiger charge is 2.17. The number of hydrogen-bond donors (Lipinski definition) is 2. The van der Waals surface area contributed by atoms with E-state index >= 15 is 0 Å². The Bertz CT molecular complexity index is 562. The van der Waals surface area contributed by atoms with E-state index in [9.17, 15) is 4.79 Å². The van der Waals surface area contributed by atoms with Crippen LogP contribution in [0.15, 0.2) is 18.3 Å². The first-order valence-electron chi connectivity index (χ1n) is 5.21. The Kier molecular flexibility index (Phi) is 2.97. The van der Waals surface area contributed by atoms with Crippen molar-refractivity contribution in [3.63, 3.8) is 0 Å². The Morgan fingerprint density at radius 3 is 3.00 bits per heavy atom. The molecule has 6 heteroatoms. The van der Waals surface area contributed by atoms with Gasteiger partial charge in [0.05, 0.1) is 13.2 Å². The van der Waals surface area contributed by atoms with E-state index in [1.807, 2.05) is 0 Å². The van der Waals surface area contributed by atoms with Crippen LogP contribution in [0.25, 0.3) is 5.65 Å². The van der Waals surface area contributed by atoms with Gasteiger partial charge >= 0.3 is 5.97 Å². The number of carbonyl (C=O) groups is 1. The van der Waals surface area contributed by atoms with E-state index < -0.39 is 5.97 Å². The number of nitrogens with two attached hydrogens (primary N) is 1. The van der Waals surface area contributed by atoms with Crippen LogP contribution in [0.1, 0.15) is 23.0 Å². The quantitative estimate of drug-likeness (QED) is 0.760. The summed E-state index contributed by atoms with van der Waals surface area (Å²) in [4.78, 5) is 15.7. The second-order valence-electron chi connectivity index (χ2n) is 3.49. The summed E-state index contributed by atoms with van der Waals surface area (Å²) in [6, 6.07) is 3.40. The number of nitrogen functional groups attached to an aromatic ring is 1. The molecule has 0 atom stereocenters. The van der Waals surface area contributed by atoms with Crippen LogP contribution in [0.5, 0.6) is 0 Å². The highest BCUT2D eigenvalue weighted by atomic mass is 16.5. The molecule has 2 rings (SSSR count). The molecular weight excluding hydrogens is 222 g/mol. The lowest BCUT2D eigenvalue weighted by Crippen LogP contribution is -2.08. The lowest BCUT2D eigenvalue weighted by molar-refractivity contribution is 0.0521. The van der Waals surface area contributed by atoms with Gasteiger partial charge in [0.25, 0.3) is 0 Å². The maximum atomic E-state index is 11.6. The number of anilines is 1. The molecule has 90 valence electrons. The van der Waals surface area contributed by atoms with Crippen LogP contribution in [0.4, 0.5) is 5.82 Å². The Hall–Kier alpha value is -2.08. The molecule has 0 aromatic carbocycles. The Morgan fingerprint density at radius 1 is 1.59 bits per heavy atom. The molecule has 0 aliphatic rings. The van der Waals surface area contributed by atoms with E-state index in [0.29, 0.717) is 11.2 Å². The third kappa shape index (κ3) is 1.94. The fourth-order valence-electron chi connectivity index (χ4n) is 1.55. The van der Waals surface area contributed by atoms with E-state index in [4.69, 9.17) is 15.6 Å². The van der Waals surface area contributed by atoms with Crippen LogP contribution in [0.3, 0.4) is 0 Å². The van der Waals surface area contributed by atoms with Gasteiger partial charge in [-0.3, -0.25) is 4.40 Å². The molecule has 2 aromatic heterocycles. The predicted octanol–water partition coefficient (Wildman–Crippen LogP) is 0.586. The molecule has 2 aromatic rings. The van der Waals surface area contributed by atoms with Gasteiger partial charge in [0.1, 0.15) is 11.5 Å². The molecule has 0 aliphatic heterocycles. The Morgan fingerprint density at radius 2 is 2.35 bits per heavy atom. The number of imidazole rings is 1. The van der Waals surface area contributed by atoms with Crippen molar-refractivity contribution >= 4 is 17.4 Å². The number of hydrogen-bond acceptors (Lipinski definition) is 5. The number of carbonyl (C=O) groups excluding carboxylic acids is 1. The second kappa shape index (κ2) is 4.42. The molecule has 0 fully saturated rings. The molecule has 0 saturated heterocycles. The molecule has 0 aliphatic carbocycles. The SMILES string of the molecule is CCOC(=O)c1nc2ccc(CO)cn2c1N. The Balaban J connectivity index is 2.53. The van der Waals surface area contributed by atoms with Crippen LogP contribution in [0.2, 0.25) is 0 Å². The van der Waals surface area contributed by atoms with E-state index in [0.717, 1.165) is 0 Å². The lowest BCUT2D eigenvalue weighted by atomic mass is 10.3. The van der Waals surface area contributed by atoms with Gasteiger partial charge in [-0.1, -0.05) is 6.07 Å². The number of aliphatic hydroxyl groups excluding tert-OH is 1. The van der Waals surface area contributed by atoms with Gasteiger partial charge in [-0.05, 0) is 18.6 Å². The van der Waals surface area contributed by atoms with E-state index in [1.165, 1.54) is 0 Å². The number of ether oxygens (including phenoxy) is 1. The van der Waals surface area contributed by atoms with Gasteiger partial charge in [-0.25, -0.2) is 9.78 Å². The molecule has 0 spiro atoms. The van der Waals surface area contributed by atoms with E-state index in [-0.39, 0.29) is 24.7 Å². The highest BCUT2D eigenvalue weighted by molar-refractivity contribution is 5.93. The normalized spacial score (nSPS) is 10.7. The van der Waals surface area contributed by atoms with Crippen molar-refractivity contribution in [2.45, 2.75) is 13.5 Å². The molecule has 0 amide bonds. The number of rotatable bonds is 3. The number of pyridine rings is 1. The summed E-state index contributed by atoms with van der Waals surface area (Å²) >= 11 is 0. The molecule has 0 unspecified atom stereocenters. The number of aliphatic hydroxyl groups is 1. The molecule has 0 radical (unpaired) electrons. The summed E-state index contributed by atoms with van der Waals surface area (Å²) in [6.45, 7) is 1.89. The van der Waals surface area contributed by atoms with Crippen LogP contribution < -0.4 is 5.73 Å². The predicted molar refractivity (Wildman–Crippen MR) is 61.5 cm³/mol. The van der Waals surface area contributed by atoms with Crippen molar-refractivity contribution in [3.05, 3.63) is 29.6 Å². The smallest absolute Gasteiger partial charge is 0.360 e. The third-order valence-electron chi connectivity index (χ3n) is 2.37. The van der Waals surface area contributed by atoms with Crippen molar-refractivity contribution < 1.29 is 14.6 Å². The fourth-order valence-corrected chi connectivity index (χ4v) is 1.55. The lowest BCUT2D eigenvalue weighted by Gasteiger charge is -2.00. The number of fused-ring (bicyclic) bond motifs is 1. The van der Waals surface area contributed by atoms with Crippen molar-refractivity contribution in [3.8, 4) is 0 Å². The monoisotopic (exact) mass is 235 g/mol. The zero-order valence-corrected chi connectivity index (χ0v) is 9.38. The summed E-state index contributed by atoms with van der Waals surface area (Å²) in [5.74, 6) is -0.326. The van der Waals surface area contributed by atoms with E-state index in [2.05, 4.69) is 4.98 Å². The minimum atomic E-state index is -0.542. The molecule has 17 heavy (non-hydrogen) atoms. The summed E-state index contributed by atoms with van der Waals surface area (Å²) in [5.41, 5.74) is 7.15. The van der Waals surface area contributed by atoms with Crippen molar-refractivity contribution in [2.75, 3.05) is 12.3 Å². The van der Waals surface area contributed by atoms with Crippen molar-refractivity contribution in [1.82, 2.24) is 9.38 Å². The van der Waals surface area contributed by atoms with Gasteiger partial charge in [0.15, 0.2) is 5.69 Å². The highest BCUT2D eigenvalue weighted by Crippen LogP contribution is 2.17. The molecule has 3 N–H and O–H groups in total. The van der Waals surface area contributed by atoms with Crippen LogP contribution in [-0.4, -0.2) is 27.1 Å². The van der Waals surface area contributed by atoms with Crippen LogP contribution >= 0.6 is 0 Å². The Labute approximate surface area is 97.6 Å². The molecule has 0 bridgehead atoms. The maximum Gasteiger partial charge on any atom is 0.360 e. The summed E-state index contributed by atoms with van der Waals surface area (Å²) in [6.07, 6.45) is 1.64. The first kappa shape index (κ1) is 11.4. The first-order chi connectivity index (χ1) is 8.17. The number of esters is 1. The van der Waals surface area contributed by atoms with Crippen molar-refractivity contribution in [1.29, 1.82) is 0 Å².